The van der Waals surface area contributed by atoms with Gasteiger partial charge in [0.1, 0.15) is 0 Å². The van der Waals surface area contributed by atoms with Gasteiger partial charge in [-0.3, -0.25) is 9.73 Å². The fourth-order valence-electron chi connectivity index (χ4n) is 2.23. The van der Waals surface area contributed by atoms with Crippen LogP contribution < -0.4 is 25.6 Å². The molecule has 2 rings (SSSR count). The Morgan fingerprint density at radius 3 is 2.31 bits per heavy atom. The van der Waals surface area contributed by atoms with E-state index in [9.17, 15) is 13.2 Å². The Morgan fingerprint density at radius 1 is 1.07 bits per heavy atom. The van der Waals surface area contributed by atoms with Crippen LogP contribution >= 0.6 is 0 Å². The van der Waals surface area contributed by atoms with E-state index >= 15 is 0 Å². The van der Waals surface area contributed by atoms with Gasteiger partial charge in [0.25, 0.3) is 15.9 Å². The van der Waals surface area contributed by atoms with Crippen LogP contribution in [-0.4, -0.2) is 28.5 Å². The van der Waals surface area contributed by atoms with Crippen molar-refractivity contribution < 1.29 is 27.6 Å². The first kappa shape index (κ1) is 21.8. The molecule has 0 saturated carbocycles. The predicted molar refractivity (Wildman–Crippen MR) is 104 cm³/mol. The van der Waals surface area contributed by atoms with Gasteiger partial charge in [-0.1, -0.05) is 17.2 Å². The summed E-state index contributed by atoms with van der Waals surface area (Å²) < 4.78 is 36.5. The molecule has 0 radical (unpaired) electrons. The number of carbonyl (C=O) groups excluding carboxylic acids is 1. The first-order valence-electron chi connectivity index (χ1n) is 7.94. The third-order valence-electron chi connectivity index (χ3n) is 3.66. The van der Waals surface area contributed by atoms with Crippen LogP contribution in [0.25, 0.3) is 6.08 Å². The fraction of sp³-hybridized carbons (Fsp3) is 0.118. The number of nitrogens with two attached hydrogens (primary N) is 2. The molecule has 2 aromatic carbocycles. The van der Waals surface area contributed by atoms with E-state index in [1.807, 2.05) is 0 Å². The molecule has 4 N–H and O–H groups in total. The molecule has 0 aliphatic heterocycles. The second kappa shape index (κ2) is 9.64. The van der Waals surface area contributed by atoms with Crippen molar-refractivity contribution in [3.8, 4) is 11.5 Å². The molecule has 0 aliphatic rings. The van der Waals surface area contributed by atoms with Gasteiger partial charge in [-0.2, -0.15) is 8.42 Å². The van der Waals surface area contributed by atoms with Gasteiger partial charge in [0.05, 0.1) is 30.1 Å². The zero-order valence-corrected chi connectivity index (χ0v) is 16.4. The van der Waals surface area contributed by atoms with Gasteiger partial charge >= 0.3 is 0 Å². The number of methoxy groups -OCH3 is 2. The van der Waals surface area contributed by atoms with Crippen LogP contribution in [0.2, 0.25) is 0 Å². The Labute approximate surface area is 167 Å². The minimum Gasteiger partial charge on any atom is -0.493 e. The third-order valence-corrected chi connectivity index (χ3v) is 5.26. The van der Waals surface area contributed by atoms with Gasteiger partial charge in [0.15, 0.2) is 11.5 Å². The lowest BCUT2D eigenvalue weighted by atomic mass is 10.2. The minimum atomic E-state index is -4.04. The molecule has 1 amide bonds. The average Bonchev–Trinajstić information content (AvgIpc) is 2.75. The van der Waals surface area contributed by atoms with Crippen LogP contribution in [0.1, 0.15) is 5.56 Å². The first-order valence-corrected chi connectivity index (χ1v) is 9.38. The van der Waals surface area contributed by atoms with E-state index in [-0.39, 0.29) is 10.6 Å². The Bertz CT molecular complexity index is 1020. The molecule has 0 aliphatic carbocycles. The number of amides is 1. The number of anilines is 1. The van der Waals surface area contributed by atoms with E-state index in [2.05, 4.69) is 21.2 Å². The maximum atomic E-state index is 12.8. The lowest BCUT2D eigenvalue weighted by molar-refractivity contribution is -0.114. The maximum absolute atomic E-state index is 12.8. The number of hydrazine groups is 1. The number of benzene rings is 2. The van der Waals surface area contributed by atoms with Gasteiger partial charge in [0, 0.05) is 12.1 Å². The summed E-state index contributed by atoms with van der Waals surface area (Å²) in [6, 6.07) is 10.2. The van der Waals surface area contributed by atoms with E-state index in [0.717, 1.165) is 6.08 Å². The highest BCUT2D eigenvalue weighted by molar-refractivity contribution is 7.92. The topological polar surface area (TPSA) is 159 Å². The van der Waals surface area contributed by atoms with Crippen LogP contribution in [0.5, 0.6) is 11.5 Å². The van der Waals surface area contributed by atoms with Crippen molar-refractivity contribution in [1.82, 2.24) is 0 Å². The largest absolute Gasteiger partial charge is 0.493 e. The summed E-state index contributed by atoms with van der Waals surface area (Å²) in [6.07, 6.45) is 2.54. The third kappa shape index (κ3) is 5.28. The molecule has 11 nitrogen and oxygen atoms in total. The number of hydrogen-bond donors (Lipinski definition) is 2. The van der Waals surface area contributed by atoms with Gasteiger partial charge in [-0.15, -0.1) is 5.90 Å². The molecule has 0 fully saturated rings. The highest BCUT2D eigenvalue weighted by Gasteiger charge is 2.23. The quantitative estimate of drug-likeness (QED) is 0.281. The average molecular weight is 421 g/mol. The van der Waals surface area contributed by atoms with E-state index < -0.39 is 15.9 Å². The van der Waals surface area contributed by atoms with Crippen LogP contribution in [-0.2, 0) is 19.8 Å². The summed E-state index contributed by atoms with van der Waals surface area (Å²) >= 11 is 0. The van der Waals surface area contributed by atoms with Crippen molar-refractivity contribution >= 4 is 27.7 Å². The lowest BCUT2D eigenvalue weighted by Gasteiger charge is -2.20. The highest BCUT2D eigenvalue weighted by Crippen LogP contribution is 2.32. The molecule has 2 aromatic rings. The second-order valence-corrected chi connectivity index (χ2v) is 7.18. The zero-order valence-electron chi connectivity index (χ0n) is 15.6. The van der Waals surface area contributed by atoms with Crippen molar-refractivity contribution in [3.05, 3.63) is 54.1 Å². The minimum absolute atomic E-state index is 0.0468. The number of rotatable bonds is 8. The number of carbonyl (C=O) groups is 1. The Balaban J connectivity index is 2.23. The summed E-state index contributed by atoms with van der Waals surface area (Å²) in [5.41, 5.74) is 0.737. The van der Waals surface area contributed by atoms with Crippen molar-refractivity contribution in [3.63, 3.8) is 0 Å². The molecule has 0 heterocycles. The van der Waals surface area contributed by atoms with E-state index in [0.29, 0.717) is 21.5 Å². The van der Waals surface area contributed by atoms with Gasteiger partial charge in [-0.05, 0) is 35.9 Å². The molecule has 0 atom stereocenters. The van der Waals surface area contributed by atoms with Gasteiger partial charge in [-0.25, -0.2) is 10.3 Å². The number of sulfonamides is 1. The molecule has 29 heavy (non-hydrogen) atoms. The summed E-state index contributed by atoms with van der Waals surface area (Å²) in [5.74, 6) is 10.5. The van der Waals surface area contributed by atoms with Gasteiger partial charge < -0.3 is 9.47 Å². The molecule has 0 spiro atoms. The monoisotopic (exact) mass is 421 g/mol. The number of nitrogens with zero attached hydrogens (tertiary/aromatic N) is 3. The Hall–Kier alpha value is -3.48. The maximum Gasteiger partial charge on any atom is 0.291 e. The molecule has 154 valence electrons. The van der Waals surface area contributed by atoms with Crippen LogP contribution in [0.3, 0.4) is 0 Å². The molecule has 0 saturated heterocycles. The highest BCUT2D eigenvalue weighted by atomic mass is 32.2. The Kier molecular flexibility index (Phi) is 7.25. The molecule has 12 heteroatoms. The smallest absolute Gasteiger partial charge is 0.291 e. The first-order chi connectivity index (χ1) is 13.8. The lowest BCUT2D eigenvalue weighted by Crippen LogP contribution is -2.37. The molecule has 0 aromatic heterocycles. The van der Waals surface area contributed by atoms with E-state index in [1.165, 1.54) is 56.7 Å². The van der Waals surface area contributed by atoms with Crippen LogP contribution in [0.4, 0.5) is 5.69 Å². The molecular formula is C17H19N5O6S. The second-order valence-electron chi connectivity index (χ2n) is 5.37. The normalized spacial score (nSPS) is 11.6. The fourth-order valence-corrected chi connectivity index (χ4v) is 3.33. The summed E-state index contributed by atoms with van der Waals surface area (Å²) in [6.45, 7) is 0. The summed E-state index contributed by atoms with van der Waals surface area (Å²) in [5, 5.41) is 6.00. The number of ether oxygens (including phenoxy) is 2. The summed E-state index contributed by atoms with van der Waals surface area (Å²) in [7, 11) is -1.14. The standard InChI is InChI=1S/C17H19N5O6S/c1-26-15-9-6-13(11-16(15)27-2)22(18)29(24,25)14-7-3-12(4-8-14)5-10-17(23)20-21-28-19/h3-11H,18-19H2,1-2H3/b10-5+,21-20?. The number of hydrogen-bond acceptors (Lipinski definition) is 9. The van der Waals surface area contributed by atoms with Crippen molar-refractivity contribution in [2.24, 2.45) is 22.1 Å². The van der Waals surface area contributed by atoms with Crippen LogP contribution in [0.15, 0.2) is 63.8 Å². The van der Waals surface area contributed by atoms with Crippen LogP contribution in [0, 0.1) is 0 Å². The van der Waals surface area contributed by atoms with Crippen molar-refractivity contribution in [1.29, 1.82) is 0 Å². The SMILES string of the molecule is COc1ccc(N(N)S(=O)(=O)c2ccc(/C=C/C(=O)N=NON)cc2)cc1OC. The molecule has 0 unspecified atom stereocenters. The van der Waals surface area contributed by atoms with E-state index in [1.54, 1.807) is 6.07 Å². The van der Waals surface area contributed by atoms with E-state index in [4.69, 9.17) is 15.3 Å². The molecular weight excluding hydrogens is 402 g/mol. The zero-order chi connectivity index (χ0) is 21.4. The predicted octanol–water partition coefficient (Wildman–Crippen LogP) is 1.57. The van der Waals surface area contributed by atoms with Gasteiger partial charge in [0.2, 0.25) is 0 Å². The van der Waals surface area contributed by atoms with Crippen molar-refractivity contribution in [2.45, 2.75) is 4.90 Å². The summed E-state index contributed by atoms with van der Waals surface area (Å²) in [4.78, 5) is 15.1. The Morgan fingerprint density at radius 2 is 1.72 bits per heavy atom. The molecule has 0 bridgehead atoms. The van der Waals surface area contributed by atoms with Crippen molar-refractivity contribution in [2.75, 3.05) is 18.6 Å².